The van der Waals surface area contributed by atoms with Gasteiger partial charge in [-0.15, -0.1) is 0 Å². The zero-order valence-electron chi connectivity index (χ0n) is 16.7. The Labute approximate surface area is 173 Å². The van der Waals surface area contributed by atoms with Gasteiger partial charge in [-0.05, 0) is 42.8 Å². The summed E-state index contributed by atoms with van der Waals surface area (Å²) in [5, 5.41) is 8.60. The van der Waals surface area contributed by atoms with Gasteiger partial charge >= 0.3 is 0 Å². The molecule has 0 spiro atoms. The summed E-state index contributed by atoms with van der Waals surface area (Å²) in [4.78, 5) is 12.9. The fraction of sp³-hybridized carbons (Fsp3) is 0.167. The standard InChI is InChI=1S/C24H21FN2O3/c1-15-21(16(2)30-27-15)14-29-23-12-18-8-4-3-7-17(18)11-20(23)24(28)26-13-19-9-5-6-10-22(19)25/h3-12H,13-14H2,1-2H3,(H,26,28). The maximum Gasteiger partial charge on any atom is 0.255 e. The molecule has 0 unspecified atom stereocenters. The smallest absolute Gasteiger partial charge is 0.255 e. The number of ether oxygens (including phenoxy) is 1. The average Bonchev–Trinajstić information content (AvgIpc) is 3.08. The van der Waals surface area contributed by atoms with Crippen molar-refractivity contribution >= 4 is 16.7 Å². The fourth-order valence-corrected chi connectivity index (χ4v) is 3.29. The van der Waals surface area contributed by atoms with E-state index in [1.165, 1.54) is 6.07 Å². The van der Waals surface area contributed by atoms with E-state index in [9.17, 15) is 9.18 Å². The van der Waals surface area contributed by atoms with E-state index in [0.717, 1.165) is 22.0 Å². The predicted octanol–water partition coefficient (Wildman–Crippen LogP) is 5.09. The van der Waals surface area contributed by atoms with Gasteiger partial charge in [0.05, 0.1) is 16.8 Å². The Bertz CT molecular complexity index is 1200. The van der Waals surface area contributed by atoms with Crippen LogP contribution in [0, 0.1) is 19.7 Å². The molecule has 1 amide bonds. The highest BCUT2D eigenvalue weighted by molar-refractivity contribution is 6.01. The van der Waals surface area contributed by atoms with Crippen molar-refractivity contribution in [3.05, 3.63) is 94.6 Å². The van der Waals surface area contributed by atoms with Crippen molar-refractivity contribution < 1.29 is 18.4 Å². The second-order valence-electron chi connectivity index (χ2n) is 7.06. The van der Waals surface area contributed by atoms with Gasteiger partial charge in [-0.1, -0.05) is 47.6 Å². The molecular formula is C24H21FN2O3. The van der Waals surface area contributed by atoms with Crippen LogP contribution in [-0.2, 0) is 13.2 Å². The van der Waals surface area contributed by atoms with Crippen molar-refractivity contribution in [1.29, 1.82) is 0 Å². The van der Waals surface area contributed by atoms with Crippen LogP contribution < -0.4 is 10.1 Å². The molecule has 3 aromatic carbocycles. The predicted molar refractivity (Wildman–Crippen MR) is 112 cm³/mol. The number of aromatic nitrogens is 1. The molecule has 4 aromatic rings. The molecule has 0 radical (unpaired) electrons. The number of aryl methyl sites for hydroxylation is 2. The average molecular weight is 404 g/mol. The molecule has 30 heavy (non-hydrogen) atoms. The lowest BCUT2D eigenvalue weighted by Crippen LogP contribution is -2.24. The number of rotatable bonds is 6. The molecule has 1 aromatic heterocycles. The van der Waals surface area contributed by atoms with Crippen LogP contribution >= 0.6 is 0 Å². The van der Waals surface area contributed by atoms with E-state index in [0.29, 0.717) is 22.6 Å². The minimum atomic E-state index is -0.355. The minimum absolute atomic E-state index is 0.0850. The van der Waals surface area contributed by atoms with Crippen LogP contribution in [0.1, 0.15) is 32.9 Å². The number of carbonyl (C=O) groups excluding carboxylic acids is 1. The van der Waals surface area contributed by atoms with Crippen LogP contribution in [0.25, 0.3) is 10.8 Å². The molecule has 1 N–H and O–H groups in total. The van der Waals surface area contributed by atoms with Gasteiger partial charge in [-0.25, -0.2) is 4.39 Å². The van der Waals surface area contributed by atoms with E-state index in [1.54, 1.807) is 24.3 Å². The van der Waals surface area contributed by atoms with Crippen LogP contribution in [0.5, 0.6) is 5.75 Å². The van der Waals surface area contributed by atoms with Gasteiger partial charge in [0, 0.05) is 12.1 Å². The number of hydrogen-bond donors (Lipinski definition) is 1. The molecule has 0 saturated carbocycles. The molecule has 0 saturated heterocycles. The fourth-order valence-electron chi connectivity index (χ4n) is 3.29. The first kappa shape index (κ1) is 19.6. The molecule has 4 rings (SSSR count). The lowest BCUT2D eigenvalue weighted by atomic mass is 10.0. The molecule has 1 heterocycles. The maximum atomic E-state index is 13.9. The van der Waals surface area contributed by atoms with Crippen LogP contribution in [-0.4, -0.2) is 11.1 Å². The van der Waals surface area contributed by atoms with Crippen LogP contribution in [0.3, 0.4) is 0 Å². The van der Waals surface area contributed by atoms with Crippen molar-refractivity contribution in [1.82, 2.24) is 10.5 Å². The molecule has 0 aliphatic carbocycles. The summed E-state index contributed by atoms with van der Waals surface area (Å²) in [6, 6.07) is 17.7. The molecule has 5 nitrogen and oxygen atoms in total. The molecule has 0 aliphatic rings. The minimum Gasteiger partial charge on any atom is -0.488 e. The maximum absolute atomic E-state index is 13.9. The van der Waals surface area contributed by atoms with Gasteiger partial charge in [0.25, 0.3) is 5.91 Å². The summed E-state index contributed by atoms with van der Waals surface area (Å²) in [5.41, 5.74) is 2.40. The number of nitrogens with one attached hydrogen (secondary N) is 1. The molecular weight excluding hydrogens is 383 g/mol. The van der Waals surface area contributed by atoms with Crippen molar-refractivity contribution in [3.8, 4) is 5.75 Å². The van der Waals surface area contributed by atoms with Crippen molar-refractivity contribution in [2.24, 2.45) is 0 Å². The zero-order chi connectivity index (χ0) is 21.1. The van der Waals surface area contributed by atoms with E-state index < -0.39 is 0 Å². The lowest BCUT2D eigenvalue weighted by molar-refractivity contribution is 0.0946. The summed E-state index contributed by atoms with van der Waals surface area (Å²) in [6.07, 6.45) is 0. The summed E-state index contributed by atoms with van der Waals surface area (Å²) in [6.45, 7) is 3.98. The quantitative estimate of drug-likeness (QED) is 0.486. The SMILES string of the molecule is Cc1noc(C)c1COc1cc2ccccc2cc1C(=O)NCc1ccccc1F. The monoisotopic (exact) mass is 404 g/mol. The summed E-state index contributed by atoms with van der Waals surface area (Å²) >= 11 is 0. The first-order valence-electron chi connectivity index (χ1n) is 9.62. The number of benzene rings is 3. The van der Waals surface area contributed by atoms with Gasteiger partial charge in [0.2, 0.25) is 0 Å². The number of amides is 1. The molecule has 0 fully saturated rings. The zero-order valence-corrected chi connectivity index (χ0v) is 16.7. The van der Waals surface area contributed by atoms with Gasteiger partial charge < -0.3 is 14.6 Å². The second kappa shape index (κ2) is 8.37. The first-order valence-corrected chi connectivity index (χ1v) is 9.62. The number of nitrogens with zero attached hydrogens (tertiary/aromatic N) is 1. The summed E-state index contributed by atoms with van der Waals surface area (Å²) in [7, 11) is 0. The van der Waals surface area contributed by atoms with Gasteiger partial charge in [0.1, 0.15) is 23.9 Å². The number of hydrogen-bond acceptors (Lipinski definition) is 4. The van der Waals surface area contributed by atoms with E-state index in [1.807, 2.05) is 44.2 Å². The molecule has 0 atom stereocenters. The van der Waals surface area contributed by atoms with Crippen molar-refractivity contribution in [2.75, 3.05) is 0 Å². The topological polar surface area (TPSA) is 64.4 Å². The van der Waals surface area contributed by atoms with E-state index >= 15 is 0 Å². The molecule has 152 valence electrons. The van der Waals surface area contributed by atoms with Crippen molar-refractivity contribution in [2.45, 2.75) is 27.0 Å². The lowest BCUT2D eigenvalue weighted by Gasteiger charge is -2.14. The largest absolute Gasteiger partial charge is 0.488 e. The number of carbonyl (C=O) groups is 1. The third-order valence-corrected chi connectivity index (χ3v) is 5.04. The van der Waals surface area contributed by atoms with Crippen LogP contribution in [0.4, 0.5) is 4.39 Å². The Morgan fingerprint density at radius 2 is 1.77 bits per heavy atom. The van der Waals surface area contributed by atoms with Crippen molar-refractivity contribution in [3.63, 3.8) is 0 Å². The van der Waals surface area contributed by atoms with E-state index in [-0.39, 0.29) is 24.9 Å². The number of halogens is 1. The Hall–Kier alpha value is -3.67. The van der Waals surface area contributed by atoms with Gasteiger partial charge in [-0.3, -0.25) is 4.79 Å². The second-order valence-corrected chi connectivity index (χ2v) is 7.06. The molecule has 0 aliphatic heterocycles. The highest BCUT2D eigenvalue weighted by Gasteiger charge is 2.17. The highest BCUT2D eigenvalue weighted by Crippen LogP contribution is 2.28. The highest BCUT2D eigenvalue weighted by atomic mass is 19.1. The molecule has 0 bridgehead atoms. The Morgan fingerprint density at radius 3 is 2.47 bits per heavy atom. The van der Waals surface area contributed by atoms with Gasteiger partial charge in [-0.2, -0.15) is 0 Å². The van der Waals surface area contributed by atoms with Crippen LogP contribution in [0.15, 0.2) is 65.2 Å². The summed E-state index contributed by atoms with van der Waals surface area (Å²) in [5.74, 6) is 0.433. The normalized spacial score (nSPS) is 10.9. The Morgan fingerprint density at radius 1 is 1.07 bits per heavy atom. The van der Waals surface area contributed by atoms with E-state index in [4.69, 9.17) is 9.26 Å². The third-order valence-electron chi connectivity index (χ3n) is 5.04. The number of fused-ring (bicyclic) bond motifs is 1. The van der Waals surface area contributed by atoms with Gasteiger partial charge in [0.15, 0.2) is 0 Å². The van der Waals surface area contributed by atoms with Crippen LogP contribution in [0.2, 0.25) is 0 Å². The Balaban J connectivity index is 1.62. The third kappa shape index (κ3) is 4.03. The first-order chi connectivity index (χ1) is 14.5. The summed E-state index contributed by atoms with van der Waals surface area (Å²) < 4.78 is 25.1. The van der Waals surface area contributed by atoms with E-state index in [2.05, 4.69) is 10.5 Å². The Kier molecular flexibility index (Phi) is 5.48. The molecule has 6 heteroatoms.